The highest BCUT2D eigenvalue weighted by Crippen LogP contribution is 2.35. The van der Waals surface area contributed by atoms with Crippen LogP contribution in [0.4, 0.5) is 0 Å². The van der Waals surface area contributed by atoms with Gasteiger partial charge in [0, 0.05) is 34.6 Å². The van der Waals surface area contributed by atoms with Gasteiger partial charge in [0.25, 0.3) is 0 Å². The Morgan fingerprint density at radius 3 is 2.21 bits per heavy atom. The van der Waals surface area contributed by atoms with E-state index in [1.807, 2.05) is 12.3 Å². The number of hydrogen-bond donors (Lipinski definition) is 0. The first kappa shape index (κ1) is 19.7. The quantitative estimate of drug-likeness (QED) is 0.253. The van der Waals surface area contributed by atoms with Gasteiger partial charge in [-0.3, -0.25) is 4.98 Å². The molecular formula is C27H32N2. The molecule has 2 heteroatoms. The molecule has 0 aliphatic rings. The van der Waals surface area contributed by atoms with E-state index in [2.05, 4.69) is 71.1 Å². The van der Waals surface area contributed by atoms with Gasteiger partial charge in [-0.25, -0.2) is 0 Å². The normalized spacial score (nSPS) is 11.5. The van der Waals surface area contributed by atoms with Crippen LogP contribution in [-0.4, -0.2) is 9.55 Å². The number of hydrogen-bond acceptors (Lipinski definition) is 1. The summed E-state index contributed by atoms with van der Waals surface area (Å²) in [5.41, 5.74) is 4.96. The fourth-order valence-corrected chi connectivity index (χ4v) is 4.47. The van der Waals surface area contributed by atoms with Crippen LogP contribution in [0.3, 0.4) is 0 Å². The van der Waals surface area contributed by atoms with Crippen LogP contribution in [0.5, 0.6) is 0 Å². The SMILES string of the molecule is CCCCCCCCCCn1c2ccccc2c2cccc(-c3ccccn3)c21. The summed E-state index contributed by atoms with van der Waals surface area (Å²) in [5.74, 6) is 0. The molecule has 29 heavy (non-hydrogen) atoms. The molecule has 0 fully saturated rings. The molecule has 0 bridgehead atoms. The summed E-state index contributed by atoms with van der Waals surface area (Å²) >= 11 is 0. The Kier molecular flexibility index (Phi) is 6.61. The molecule has 2 aromatic carbocycles. The highest BCUT2D eigenvalue weighted by Gasteiger charge is 2.14. The second-order valence-electron chi connectivity index (χ2n) is 8.06. The molecule has 0 atom stereocenters. The molecular weight excluding hydrogens is 352 g/mol. The van der Waals surface area contributed by atoms with Crippen LogP contribution < -0.4 is 0 Å². The van der Waals surface area contributed by atoms with Gasteiger partial charge in [-0.2, -0.15) is 0 Å². The maximum atomic E-state index is 4.64. The monoisotopic (exact) mass is 384 g/mol. The molecule has 4 rings (SSSR count). The van der Waals surface area contributed by atoms with Crippen molar-refractivity contribution >= 4 is 21.8 Å². The molecule has 0 unspecified atom stereocenters. The average molecular weight is 385 g/mol. The largest absolute Gasteiger partial charge is 0.340 e. The minimum atomic E-state index is 1.05. The number of benzene rings is 2. The van der Waals surface area contributed by atoms with Crippen molar-refractivity contribution in [2.75, 3.05) is 0 Å². The maximum Gasteiger partial charge on any atom is 0.0723 e. The van der Waals surface area contributed by atoms with Crippen LogP contribution in [0.25, 0.3) is 33.1 Å². The number of para-hydroxylation sites is 2. The fraction of sp³-hybridized carbons (Fsp3) is 0.370. The van der Waals surface area contributed by atoms with E-state index >= 15 is 0 Å². The molecule has 2 heterocycles. The van der Waals surface area contributed by atoms with Crippen molar-refractivity contribution in [1.29, 1.82) is 0 Å². The van der Waals surface area contributed by atoms with Gasteiger partial charge in [0.05, 0.1) is 11.2 Å². The molecule has 0 spiro atoms. The number of aryl methyl sites for hydroxylation is 1. The predicted octanol–water partition coefficient (Wildman–Crippen LogP) is 8.00. The average Bonchev–Trinajstić information content (AvgIpc) is 3.10. The first-order valence-electron chi connectivity index (χ1n) is 11.3. The number of fused-ring (bicyclic) bond motifs is 3. The molecule has 0 aliphatic carbocycles. The Hall–Kier alpha value is -2.61. The Morgan fingerprint density at radius 1 is 0.690 bits per heavy atom. The van der Waals surface area contributed by atoms with Crippen molar-refractivity contribution in [2.45, 2.75) is 64.8 Å². The summed E-state index contributed by atoms with van der Waals surface area (Å²) in [6, 6.07) is 21.6. The second kappa shape index (κ2) is 9.73. The van der Waals surface area contributed by atoms with Crippen LogP contribution in [0.2, 0.25) is 0 Å². The lowest BCUT2D eigenvalue weighted by molar-refractivity contribution is 0.553. The van der Waals surface area contributed by atoms with Crippen molar-refractivity contribution in [2.24, 2.45) is 0 Å². The fourth-order valence-electron chi connectivity index (χ4n) is 4.47. The van der Waals surface area contributed by atoms with E-state index in [0.717, 1.165) is 12.2 Å². The molecule has 0 saturated carbocycles. The summed E-state index contributed by atoms with van der Waals surface area (Å²) in [7, 11) is 0. The third-order valence-electron chi connectivity index (χ3n) is 5.97. The Morgan fingerprint density at radius 2 is 1.41 bits per heavy atom. The molecule has 2 nitrogen and oxygen atoms in total. The Labute approximate surface area is 174 Å². The lowest BCUT2D eigenvalue weighted by atomic mass is 10.1. The molecule has 150 valence electrons. The van der Waals surface area contributed by atoms with Crippen molar-refractivity contribution in [3.8, 4) is 11.3 Å². The van der Waals surface area contributed by atoms with Gasteiger partial charge in [-0.05, 0) is 24.6 Å². The van der Waals surface area contributed by atoms with E-state index in [0.29, 0.717) is 0 Å². The smallest absolute Gasteiger partial charge is 0.0723 e. The lowest BCUT2D eigenvalue weighted by Crippen LogP contribution is -1.99. The minimum Gasteiger partial charge on any atom is -0.340 e. The van der Waals surface area contributed by atoms with E-state index < -0.39 is 0 Å². The van der Waals surface area contributed by atoms with Gasteiger partial charge in [0.15, 0.2) is 0 Å². The Balaban J connectivity index is 1.60. The third-order valence-corrected chi connectivity index (χ3v) is 5.97. The molecule has 0 amide bonds. The zero-order chi connectivity index (χ0) is 19.9. The van der Waals surface area contributed by atoms with Gasteiger partial charge in [-0.1, -0.05) is 94.3 Å². The van der Waals surface area contributed by atoms with Crippen LogP contribution in [0.15, 0.2) is 66.9 Å². The van der Waals surface area contributed by atoms with Crippen molar-refractivity contribution in [3.05, 3.63) is 66.9 Å². The van der Waals surface area contributed by atoms with Gasteiger partial charge in [0.1, 0.15) is 0 Å². The van der Waals surface area contributed by atoms with Crippen molar-refractivity contribution in [3.63, 3.8) is 0 Å². The van der Waals surface area contributed by atoms with Crippen LogP contribution in [-0.2, 0) is 6.54 Å². The molecule has 0 saturated heterocycles. The maximum absolute atomic E-state index is 4.64. The predicted molar refractivity (Wildman–Crippen MR) is 125 cm³/mol. The minimum absolute atomic E-state index is 1.05. The summed E-state index contributed by atoms with van der Waals surface area (Å²) in [6.07, 6.45) is 12.7. The van der Waals surface area contributed by atoms with Crippen LogP contribution in [0, 0.1) is 0 Å². The standard InChI is InChI=1S/C27H32N2/c1-2-3-4-5-6-7-8-13-21-29-26-19-10-9-15-22(26)23-16-14-17-24(27(23)29)25-18-11-12-20-28-25/h9-12,14-20H,2-8,13,21H2,1H3. The summed E-state index contributed by atoms with van der Waals surface area (Å²) < 4.78 is 2.53. The van der Waals surface area contributed by atoms with Gasteiger partial charge in [0.2, 0.25) is 0 Å². The highest BCUT2D eigenvalue weighted by atomic mass is 15.0. The van der Waals surface area contributed by atoms with E-state index in [4.69, 9.17) is 0 Å². The molecule has 0 aliphatic heterocycles. The topological polar surface area (TPSA) is 17.8 Å². The van der Waals surface area contributed by atoms with Crippen molar-refractivity contribution in [1.82, 2.24) is 9.55 Å². The third kappa shape index (κ3) is 4.37. The molecule has 0 N–H and O–H groups in total. The summed E-state index contributed by atoms with van der Waals surface area (Å²) in [4.78, 5) is 4.64. The van der Waals surface area contributed by atoms with E-state index in [-0.39, 0.29) is 0 Å². The molecule has 4 aromatic rings. The van der Waals surface area contributed by atoms with Gasteiger partial charge in [-0.15, -0.1) is 0 Å². The summed E-state index contributed by atoms with van der Waals surface area (Å²) in [6.45, 7) is 3.35. The van der Waals surface area contributed by atoms with Crippen LogP contribution in [0.1, 0.15) is 58.3 Å². The first-order valence-corrected chi connectivity index (χ1v) is 11.3. The van der Waals surface area contributed by atoms with Crippen LogP contribution >= 0.6 is 0 Å². The molecule has 0 radical (unpaired) electrons. The number of rotatable bonds is 10. The second-order valence-corrected chi connectivity index (χ2v) is 8.06. The van der Waals surface area contributed by atoms with Gasteiger partial charge < -0.3 is 4.57 Å². The first-order chi connectivity index (χ1) is 14.4. The van der Waals surface area contributed by atoms with E-state index in [9.17, 15) is 0 Å². The number of nitrogens with zero attached hydrogens (tertiary/aromatic N) is 2. The number of aromatic nitrogens is 2. The molecule has 2 aromatic heterocycles. The summed E-state index contributed by atoms with van der Waals surface area (Å²) in [5, 5.41) is 2.68. The Bertz CT molecular complexity index is 1050. The zero-order valence-electron chi connectivity index (χ0n) is 17.6. The zero-order valence-corrected chi connectivity index (χ0v) is 17.6. The van der Waals surface area contributed by atoms with E-state index in [1.54, 1.807) is 0 Å². The van der Waals surface area contributed by atoms with Crippen molar-refractivity contribution < 1.29 is 0 Å². The number of unbranched alkanes of at least 4 members (excludes halogenated alkanes) is 7. The van der Waals surface area contributed by atoms with E-state index in [1.165, 1.54) is 78.7 Å². The van der Waals surface area contributed by atoms with Gasteiger partial charge >= 0.3 is 0 Å². The number of pyridine rings is 1. The highest BCUT2D eigenvalue weighted by molar-refractivity contribution is 6.12. The lowest BCUT2D eigenvalue weighted by Gasteiger charge is -2.11.